The number of carbonyl (C=O) groups is 1. The number of halogens is 1. The van der Waals surface area contributed by atoms with Gasteiger partial charge in [0.1, 0.15) is 10.8 Å². The van der Waals surface area contributed by atoms with Crippen LogP contribution in [0.4, 0.5) is 5.13 Å². The summed E-state index contributed by atoms with van der Waals surface area (Å²) in [6.45, 7) is 6.05. The first-order valence-electron chi connectivity index (χ1n) is 8.02. The van der Waals surface area contributed by atoms with Gasteiger partial charge in [-0.3, -0.25) is 10.1 Å². The molecule has 2 aromatic carbocycles. The fourth-order valence-corrected chi connectivity index (χ4v) is 3.79. The zero-order valence-electron chi connectivity index (χ0n) is 14.7. The number of rotatable bonds is 5. The number of carbonyl (C=O) groups excluding carboxylic acids is 1. The van der Waals surface area contributed by atoms with Crippen molar-refractivity contribution in [3.05, 3.63) is 58.1 Å². The smallest absolute Gasteiger partial charge is 0.264 e. The molecule has 0 spiro atoms. The third-order valence-electron chi connectivity index (χ3n) is 3.75. The molecule has 0 atom stereocenters. The highest BCUT2D eigenvalue weighted by Crippen LogP contribution is 2.32. The summed E-state index contributed by atoms with van der Waals surface area (Å²) in [5.74, 6) is 0.286. The number of anilines is 1. The van der Waals surface area contributed by atoms with Gasteiger partial charge in [0.2, 0.25) is 5.13 Å². The van der Waals surface area contributed by atoms with E-state index in [1.165, 1.54) is 16.9 Å². The van der Waals surface area contributed by atoms with Gasteiger partial charge in [0.15, 0.2) is 6.61 Å². The minimum atomic E-state index is -0.292. The highest BCUT2D eigenvalue weighted by Gasteiger charge is 2.14. The summed E-state index contributed by atoms with van der Waals surface area (Å²) in [7, 11) is 0. The van der Waals surface area contributed by atoms with Crippen molar-refractivity contribution in [2.24, 2.45) is 0 Å². The van der Waals surface area contributed by atoms with Gasteiger partial charge in [0, 0.05) is 10.6 Å². The molecule has 1 N–H and O–H groups in total. The number of amides is 1. The summed E-state index contributed by atoms with van der Waals surface area (Å²) >= 11 is 7.16. The van der Waals surface area contributed by atoms with Crippen LogP contribution in [0.25, 0.3) is 10.6 Å². The van der Waals surface area contributed by atoms with E-state index < -0.39 is 0 Å². The summed E-state index contributed by atoms with van der Waals surface area (Å²) < 4.78 is 5.42. The Morgan fingerprint density at radius 2 is 1.77 bits per heavy atom. The first-order valence-corrected chi connectivity index (χ1v) is 9.22. The molecule has 5 nitrogen and oxygen atoms in total. The minimum absolute atomic E-state index is 0.112. The second kappa shape index (κ2) is 7.85. The van der Waals surface area contributed by atoms with Gasteiger partial charge in [0.05, 0.1) is 0 Å². The Kier molecular flexibility index (Phi) is 5.54. The summed E-state index contributed by atoms with van der Waals surface area (Å²) in [5.41, 5.74) is 4.55. The van der Waals surface area contributed by atoms with E-state index in [0.717, 1.165) is 21.7 Å². The molecule has 0 bridgehead atoms. The maximum atomic E-state index is 12.1. The first kappa shape index (κ1) is 18.4. The van der Waals surface area contributed by atoms with Crippen molar-refractivity contribution in [3.8, 4) is 16.3 Å². The van der Waals surface area contributed by atoms with Crippen LogP contribution in [0.15, 0.2) is 36.4 Å². The lowest BCUT2D eigenvalue weighted by molar-refractivity contribution is -0.118. The van der Waals surface area contributed by atoms with Crippen molar-refractivity contribution >= 4 is 34.0 Å². The van der Waals surface area contributed by atoms with E-state index in [1.54, 1.807) is 24.3 Å². The van der Waals surface area contributed by atoms with E-state index in [0.29, 0.717) is 15.9 Å². The molecule has 1 amide bonds. The van der Waals surface area contributed by atoms with Gasteiger partial charge in [0.25, 0.3) is 5.91 Å². The predicted octanol–water partition coefficient (Wildman–Crippen LogP) is 4.80. The standard InChI is InChI=1S/C19H18ClN3O2S/c1-11-8-12(2)17(13(3)9-11)18-22-23-19(26-18)21-16(24)10-25-15-6-4-14(20)5-7-15/h4-9H,10H2,1-3H3,(H,21,23,24). The second-order valence-corrected chi connectivity index (χ2v) is 7.39. The summed E-state index contributed by atoms with van der Waals surface area (Å²) in [6.07, 6.45) is 0. The van der Waals surface area contributed by atoms with Gasteiger partial charge >= 0.3 is 0 Å². The van der Waals surface area contributed by atoms with Gasteiger partial charge in [-0.2, -0.15) is 0 Å². The van der Waals surface area contributed by atoms with E-state index in [2.05, 4.69) is 48.4 Å². The SMILES string of the molecule is Cc1cc(C)c(-c2nnc(NC(=O)COc3ccc(Cl)cc3)s2)c(C)c1. The summed E-state index contributed by atoms with van der Waals surface area (Å²) in [4.78, 5) is 12.1. The quantitative estimate of drug-likeness (QED) is 0.682. The van der Waals surface area contributed by atoms with Crippen LogP contribution in [-0.4, -0.2) is 22.7 Å². The van der Waals surface area contributed by atoms with E-state index in [4.69, 9.17) is 16.3 Å². The molecule has 0 aliphatic rings. The zero-order valence-corrected chi connectivity index (χ0v) is 16.2. The Balaban J connectivity index is 1.65. The maximum Gasteiger partial charge on any atom is 0.264 e. The largest absolute Gasteiger partial charge is 0.484 e. The van der Waals surface area contributed by atoms with Crippen molar-refractivity contribution in [2.75, 3.05) is 11.9 Å². The second-order valence-electron chi connectivity index (χ2n) is 5.98. The van der Waals surface area contributed by atoms with Gasteiger partial charge in [-0.15, -0.1) is 10.2 Å². The molecular weight excluding hydrogens is 370 g/mol. The average molecular weight is 388 g/mol. The minimum Gasteiger partial charge on any atom is -0.484 e. The highest BCUT2D eigenvalue weighted by atomic mass is 35.5. The Bertz CT molecular complexity index is 915. The molecule has 0 fully saturated rings. The molecular formula is C19H18ClN3O2S. The number of aromatic nitrogens is 2. The average Bonchev–Trinajstić information content (AvgIpc) is 3.01. The van der Waals surface area contributed by atoms with Crippen LogP contribution in [0.2, 0.25) is 5.02 Å². The number of nitrogens with zero attached hydrogens (tertiary/aromatic N) is 2. The number of hydrogen-bond acceptors (Lipinski definition) is 5. The monoisotopic (exact) mass is 387 g/mol. The van der Waals surface area contributed by atoms with Crippen molar-refractivity contribution < 1.29 is 9.53 Å². The number of nitrogens with one attached hydrogen (secondary N) is 1. The molecule has 26 heavy (non-hydrogen) atoms. The van der Waals surface area contributed by atoms with Crippen molar-refractivity contribution in [3.63, 3.8) is 0 Å². The third kappa shape index (κ3) is 4.39. The van der Waals surface area contributed by atoms with Crippen LogP contribution in [0.3, 0.4) is 0 Å². The van der Waals surface area contributed by atoms with Crippen LogP contribution in [0.1, 0.15) is 16.7 Å². The molecule has 1 heterocycles. The van der Waals surface area contributed by atoms with E-state index in [-0.39, 0.29) is 12.5 Å². The normalized spacial score (nSPS) is 10.6. The number of benzene rings is 2. The third-order valence-corrected chi connectivity index (χ3v) is 4.85. The first-order chi connectivity index (χ1) is 12.4. The molecule has 0 aliphatic carbocycles. The van der Waals surface area contributed by atoms with E-state index in [9.17, 15) is 4.79 Å². The van der Waals surface area contributed by atoms with Crippen molar-refractivity contribution in [2.45, 2.75) is 20.8 Å². The molecule has 0 aliphatic heterocycles. The van der Waals surface area contributed by atoms with E-state index >= 15 is 0 Å². The fraction of sp³-hybridized carbons (Fsp3) is 0.211. The summed E-state index contributed by atoms with van der Waals surface area (Å²) in [6, 6.07) is 11.1. The lowest BCUT2D eigenvalue weighted by Crippen LogP contribution is -2.20. The molecule has 0 saturated carbocycles. The van der Waals surface area contributed by atoms with Gasteiger partial charge in [-0.05, 0) is 56.2 Å². The maximum absolute atomic E-state index is 12.1. The van der Waals surface area contributed by atoms with Crippen LogP contribution < -0.4 is 10.1 Å². The van der Waals surface area contributed by atoms with Gasteiger partial charge in [-0.25, -0.2) is 0 Å². The van der Waals surface area contributed by atoms with Crippen LogP contribution in [0.5, 0.6) is 5.75 Å². The Hall–Kier alpha value is -2.44. The Morgan fingerprint density at radius 1 is 1.12 bits per heavy atom. The number of ether oxygens (including phenoxy) is 1. The predicted molar refractivity (Wildman–Crippen MR) is 105 cm³/mol. The molecule has 7 heteroatoms. The molecule has 0 radical (unpaired) electrons. The molecule has 1 aromatic heterocycles. The lowest BCUT2D eigenvalue weighted by Gasteiger charge is -2.07. The molecule has 3 aromatic rings. The highest BCUT2D eigenvalue weighted by molar-refractivity contribution is 7.18. The van der Waals surface area contributed by atoms with E-state index in [1.807, 2.05) is 0 Å². The zero-order chi connectivity index (χ0) is 18.7. The van der Waals surface area contributed by atoms with Crippen LogP contribution in [0, 0.1) is 20.8 Å². The number of aryl methyl sites for hydroxylation is 3. The van der Waals surface area contributed by atoms with Crippen LogP contribution >= 0.6 is 22.9 Å². The topological polar surface area (TPSA) is 64.1 Å². The summed E-state index contributed by atoms with van der Waals surface area (Å²) in [5, 5.41) is 12.9. The molecule has 134 valence electrons. The Labute approximate surface area is 161 Å². The van der Waals surface area contributed by atoms with Gasteiger partial charge < -0.3 is 4.74 Å². The molecule has 0 unspecified atom stereocenters. The van der Waals surface area contributed by atoms with Crippen LogP contribution in [-0.2, 0) is 4.79 Å². The van der Waals surface area contributed by atoms with Crippen molar-refractivity contribution in [1.29, 1.82) is 0 Å². The van der Waals surface area contributed by atoms with Crippen molar-refractivity contribution in [1.82, 2.24) is 10.2 Å². The van der Waals surface area contributed by atoms with Gasteiger partial charge in [-0.1, -0.05) is 40.6 Å². The number of hydrogen-bond donors (Lipinski definition) is 1. The fourth-order valence-electron chi connectivity index (χ4n) is 2.73. The lowest BCUT2D eigenvalue weighted by atomic mass is 10.0. The molecule has 3 rings (SSSR count). The molecule has 0 saturated heterocycles. The Morgan fingerprint density at radius 3 is 2.42 bits per heavy atom.